The zero-order chi connectivity index (χ0) is 23.1. The Morgan fingerprint density at radius 1 is 1.09 bits per heavy atom. The smallest absolute Gasteiger partial charge is 0.269 e. The molecule has 0 unspecified atom stereocenters. The van der Waals surface area contributed by atoms with Gasteiger partial charge in [-0.2, -0.15) is 0 Å². The number of hydrogen-bond donors (Lipinski definition) is 0. The van der Waals surface area contributed by atoms with Crippen molar-refractivity contribution in [1.29, 1.82) is 0 Å². The number of nitrogens with zero attached hydrogens (tertiary/aromatic N) is 2. The summed E-state index contributed by atoms with van der Waals surface area (Å²) < 4.78 is 11.6. The Labute approximate surface area is 195 Å². The van der Waals surface area contributed by atoms with Gasteiger partial charge in [-0.25, -0.2) is 0 Å². The van der Waals surface area contributed by atoms with Gasteiger partial charge in [-0.15, -0.1) is 6.58 Å². The fraction of sp³-hybridized carbons (Fsp3) is 0.125. The third-order valence-corrected chi connectivity index (χ3v) is 5.14. The van der Waals surface area contributed by atoms with E-state index in [1.54, 1.807) is 49.7 Å². The third kappa shape index (κ3) is 5.87. The molecule has 32 heavy (non-hydrogen) atoms. The van der Waals surface area contributed by atoms with Crippen molar-refractivity contribution in [2.24, 2.45) is 4.99 Å². The Morgan fingerprint density at radius 2 is 1.84 bits per heavy atom. The van der Waals surface area contributed by atoms with Gasteiger partial charge in [0.15, 0.2) is 11.5 Å². The van der Waals surface area contributed by atoms with Crippen LogP contribution in [0.5, 0.6) is 11.5 Å². The van der Waals surface area contributed by atoms with Crippen LogP contribution in [0, 0.1) is 10.1 Å². The van der Waals surface area contributed by atoms with E-state index in [0.29, 0.717) is 33.7 Å². The monoisotopic (exact) mass is 470 g/mol. The lowest BCUT2D eigenvalue weighted by atomic mass is 10.1. The predicted molar refractivity (Wildman–Crippen MR) is 128 cm³/mol. The normalized spacial score (nSPS) is 10.8. The second-order valence-electron chi connectivity index (χ2n) is 6.76. The second-order valence-corrected chi connectivity index (χ2v) is 7.60. The number of nitro benzene ring substituents is 1. The minimum Gasteiger partial charge on any atom is -0.493 e. The number of aliphatic imine (C=N–C) groups is 1. The van der Waals surface area contributed by atoms with Gasteiger partial charge in [0.2, 0.25) is 0 Å². The summed E-state index contributed by atoms with van der Waals surface area (Å²) >= 11 is 12.2. The lowest BCUT2D eigenvalue weighted by molar-refractivity contribution is -0.384. The van der Waals surface area contributed by atoms with Crippen LogP contribution in [-0.2, 0) is 13.0 Å². The molecule has 0 aliphatic heterocycles. The van der Waals surface area contributed by atoms with Crippen molar-refractivity contribution >= 4 is 40.8 Å². The largest absolute Gasteiger partial charge is 0.493 e. The van der Waals surface area contributed by atoms with Crippen LogP contribution >= 0.6 is 23.2 Å². The number of hydrogen-bond acceptors (Lipinski definition) is 5. The van der Waals surface area contributed by atoms with Gasteiger partial charge in [0, 0.05) is 39.5 Å². The number of halogens is 2. The van der Waals surface area contributed by atoms with Gasteiger partial charge in [-0.1, -0.05) is 35.3 Å². The first-order valence-electron chi connectivity index (χ1n) is 9.58. The van der Waals surface area contributed by atoms with Crippen LogP contribution in [0.3, 0.4) is 0 Å². The molecule has 0 saturated carbocycles. The Bertz CT molecular complexity index is 1160. The average molecular weight is 471 g/mol. The number of rotatable bonds is 9. The van der Waals surface area contributed by atoms with E-state index in [4.69, 9.17) is 32.7 Å². The first-order chi connectivity index (χ1) is 15.4. The molecule has 0 saturated heterocycles. The topological polar surface area (TPSA) is 74.0 Å². The van der Waals surface area contributed by atoms with Gasteiger partial charge < -0.3 is 9.47 Å². The molecule has 0 aromatic heterocycles. The maximum absolute atomic E-state index is 10.8. The predicted octanol–water partition coefficient (Wildman–Crippen LogP) is 6.97. The van der Waals surface area contributed by atoms with Crippen LogP contribution in [-0.4, -0.2) is 18.2 Å². The van der Waals surface area contributed by atoms with E-state index < -0.39 is 4.92 Å². The van der Waals surface area contributed by atoms with Gasteiger partial charge in [0.05, 0.1) is 17.7 Å². The van der Waals surface area contributed by atoms with Crippen LogP contribution in [0.15, 0.2) is 72.2 Å². The molecule has 6 nitrogen and oxygen atoms in total. The summed E-state index contributed by atoms with van der Waals surface area (Å²) in [7, 11) is 1.56. The SMILES string of the molecule is C=CCc1cc(C=Nc2ccc([N+](=O)[O-])cc2)cc(OC)c1OCc1ccc(Cl)cc1Cl. The zero-order valence-electron chi connectivity index (χ0n) is 17.3. The van der Waals surface area contributed by atoms with Crippen LogP contribution in [0.1, 0.15) is 16.7 Å². The van der Waals surface area contributed by atoms with Crippen molar-refractivity contribution in [2.75, 3.05) is 7.11 Å². The number of allylic oxidation sites excluding steroid dienone is 1. The van der Waals surface area contributed by atoms with Crippen molar-refractivity contribution in [2.45, 2.75) is 13.0 Å². The summed E-state index contributed by atoms with van der Waals surface area (Å²) in [6.45, 7) is 4.06. The lowest BCUT2D eigenvalue weighted by Crippen LogP contribution is -2.03. The molecule has 0 amide bonds. The summed E-state index contributed by atoms with van der Waals surface area (Å²) in [6, 6.07) is 15.0. The third-order valence-electron chi connectivity index (χ3n) is 4.55. The Hall–Kier alpha value is -3.35. The highest BCUT2D eigenvalue weighted by Crippen LogP contribution is 2.35. The van der Waals surface area contributed by atoms with Crippen LogP contribution in [0.2, 0.25) is 10.0 Å². The molecule has 0 aliphatic rings. The molecule has 0 atom stereocenters. The number of ether oxygens (including phenoxy) is 2. The van der Waals surface area contributed by atoms with Crippen molar-refractivity contribution in [3.8, 4) is 11.5 Å². The van der Waals surface area contributed by atoms with E-state index in [1.165, 1.54) is 12.1 Å². The van der Waals surface area contributed by atoms with Crippen LogP contribution in [0.25, 0.3) is 0 Å². The highest BCUT2D eigenvalue weighted by molar-refractivity contribution is 6.35. The first kappa shape index (κ1) is 23.3. The second kappa shape index (κ2) is 10.8. The standard InChI is InChI=1S/C24H20Cl2N2O4/c1-3-4-17-11-16(14-27-20-7-9-21(10-8-20)28(29)30)12-23(31-2)24(17)32-15-18-5-6-19(25)13-22(18)26/h3,5-14H,1,4,15H2,2H3. The minimum atomic E-state index is -0.449. The zero-order valence-corrected chi connectivity index (χ0v) is 18.8. The first-order valence-corrected chi connectivity index (χ1v) is 10.3. The van der Waals surface area contributed by atoms with E-state index in [1.807, 2.05) is 12.1 Å². The van der Waals surface area contributed by atoms with Gasteiger partial charge >= 0.3 is 0 Å². The Kier molecular flexibility index (Phi) is 7.87. The molecular weight excluding hydrogens is 451 g/mol. The van der Waals surface area contributed by atoms with Crippen LogP contribution in [0.4, 0.5) is 11.4 Å². The van der Waals surface area contributed by atoms with E-state index in [9.17, 15) is 10.1 Å². The van der Waals surface area contributed by atoms with Gasteiger partial charge in [-0.3, -0.25) is 15.1 Å². The summed E-state index contributed by atoms with van der Waals surface area (Å²) in [4.78, 5) is 14.7. The highest BCUT2D eigenvalue weighted by atomic mass is 35.5. The molecular formula is C24H20Cl2N2O4. The van der Waals surface area contributed by atoms with Gasteiger partial charge in [0.1, 0.15) is 6.61 Å². The maximum Gasteiger partial charge on any atom is 0.269 e. The molecule has 3 aromatic rings. The Morgan fingerprint density at radius 3 is 2.47 bits per heavy atom. The van der Waals surface area contributed by atoms with E-state index in [-0.39, 0.29) is 12.3 Å². The summed E-state index contributed by atoms with van der Waals surface area (Å²) in [6.07, 6.45) is 3.99. The molecule has 0 aliphatic carbocycles. The summed E-state index contributed by atoms with van der Waals surface area (Å²) in [5, 5.41) is 11.9. The molecule has 164 valence electrons. The van der Waals surface area contributed by atoms with Gasteiger partial charge in [0.25, 0.3) is 5.69 Å². The highest BCUT2D eigenvalue weighted by Gasteiger charge is 2.14. The summed E-state index contributed by atoms with van der Waals surface area (Å²) in [5.41, 5.74) is 3.06. The molecule has 0 radical (unpaired) electrons. The molecule has 0 bridgehead atoms. The molecule has 3 aromatic carbocycles. The molecule has 8 heteroatoms. The van der Waals surface area contributed by atoms with E-state index >= 15 is 0 Å². The molecule has 0 N–H and O–H groups in total. The van der Waals surface area contributed by atoms with Crippen molar-refractivity contribution in [1.82, 2.24) is 0 Å². The number of nitro groups is 1. The lowest BCUT2D eigenvalue weighted by Gasteiger charge is -2.16. The molecule has 3 rings (SSSR count). The minimum absolute atomic E-state index is 0.0150. The van der Waals surface area contributed by atoms with E-state index in [2.05, 4.69) is 11.6 Å². The number of non-ortho nitro benzene ring substituents is 1. The van der Waals surface area contributed by atoms with Crippen molar-refractivity contribution in [3.63, 3.8) is 0 Å². The van der Waals surface area contributed by atoms with Crippen molar-refractivity contribution in [3.05, 3.63) is 104 Å². The van der Waals surface area contributed by atoms with E-state index in [0.717, 1.165) is 16.7 Å². The van der Waals surface area contributed by atoms with Crippen molar-refractivity contribution < 1.29 is 14.4 Å². The molecule has 0 spiro atoms. The summed E-state index contributed by atoms with van der Waals surface area (Å²) in [5.74, 6) is 1.13. The fourth-order valence-electron chi connectivity index (χ4n) is 2.98. The van der Waals surface area contributed by atoms with Crippen LogP contribution < -0.4 is 9.47 Å². The molecule has 0 heterocycles. The maximum atomic E-state index is 10.8. The fourth-order valence-corrected chi connectivity index (χ4v) is 3.44. The number of benzene rings is 3. The molecule has 0 fully saturated rings. The quantitative estimate of drug-likeness (QED) is 0.146. The number of methoxy groups -OCH3 is 1. The average Bonchev–Trinajstić information content (AvgIpc) is 2.78. The van der Waals surface area contributed by atoms with Gasteiger partial charge in [-0.05, 0) is 48.4 Å². The Balaban J connectivity index is 1.87.